The van der Waals surface area contributed by atoms with Gasteiger partial charge in [0.05, 0.1) is 21.6 Å². The van der Waals surface area contributed by atoms with E-state index in [-0.39, 0.29) is 0 Å². The summed E-state index contributed by atoms with van der Waals surface area (Å²) in [5, 5.41) is 4.26. The number of nitrogens with zero attached hydrogens (tertiary/aromatic N) is 2. The van der Waals surface area contributed by atoms with Gasteiger partial charge in [-0.1, -0.05) is 6.92 Å². The third kappa shape index (κ3) is 1.37. The number of thiazole rings is 1. The number of hydrogen-bond acceptors (Lipinski definition) is 4. The maximum absolute atomic E-state index is 4.52. The van der Waals surface area contributed by atoms with Crippen molar-refractivity contribution < 1.29 is 0 Å². The van der Waals surface area contributed by atoms with Gasteiger partial charge in [0, 0.05) is 13.2 Å². The van der Waals surface area contributed by atoms with Gasteiger partial charge in [0.1, 0.15) is 5.52 Å². The maximum Gasteiger partial charge on any atom is 0.108 e. The summed E-state index contributed by atoms with van der Waals surface area (Å²) < 4.78 is 1.16. The Morgan fingerprint density at radius 2 is 2.31 bits per heavy atom. The molecule has 0 unspecified atom stereocenters. The Morgan fingerprint density at radius 3 is 3.00 bits per heavy atom. The molecule has 13 heavy (non-hydrogen) atoms. The second-order valence-electron chi connectivity index (χ2n) is 2.74. The molecule has 0 radical (unpaired) electrons. The summed E-state index contributed by atoms with van der Waals surface area (Å²) in [4.78, 5) is 8.66. The first-order chi connectivity index (χ1) is 6.35. The fourth-order valence-corrected chi connectivity index (χ4v) is 2.13. The van der Waals surface area contributed by atoms with Crippen LogP contribution in [0.4, 0.5) is 5.69 Å². The number of aromatic nitrogens is 2. The summed E-state index contributed by atoms with van der Waals surface area (Å²) in [6.45, 7) is 2.12. The van der Waals surface area contributed by atoms with E-state index in [1.165, 1.54) is 5.01 Å². The van der Waals surface area contributed by atoms with E-state index in [1.807, 2.05) is 19.4 Å². The molecular formula is C9H11N3S. The predicted octanol–water partition coefficient (Wildman–Crippen LogP) is 2.30. The Kier molecular flexibility index (Phi) is 2.14. The van der Waals surface area contributed by atoms with Crippen molar-refractivity contribution in [3.8, 4) is 0 Å². The smallest absolute Gasteiger partial charge is 0.108 e. The van der Waals surface area contributed by atoms with E-state index in [0.717, 1.165) is 22.3 Å². The molecule has 2 heterocycles. The van der Waals surface area contributed by atoms with E-state index in [0.29, 0.717) is 0 Å². The van der Waals surface area contributed by atoms with Gasteiger partial charge in [-0.3, -0.25) is 4.98 Å². The van der Waals surface area contributed by atoms with Crippen molar-refractivity contribution in [3.63, 3.8) is 0 Å². The minimum Gasteiger partial charge on any atom is -0.385 e. The van der Waals surface area contributed by atoms with Crippen molar-refractivity contribution in [3.05, 3.63) is 17.4 Å². The molecule has 0 saturated carbocycles. The van der Waals surface area contributed by atoms with Gasteiger partial charge < -0.3 is 5.32 Å². The lowest BCUT2D eigenvalue weighted by atomic mass is 10.4. The second-order valence-corrected chi connectivity index (χ2v) is 3.86. The largest absolute Gasteiger partial charge is 0.385 e. The molecule has 0 aromatic carbocycles. The molecule has 0 spiro atoms. The lowest BCUT2D eigenvalue weighted by molar-refractivity contribution is 1.11. The van der Waals surface area contributed by atoms with Crippen molar-refractivity contribution >= 4 is 27.2 Å². The Balaban J connectivity index is 2.67. The predicted molar refractivity (Wildman–Crippen MR) is 56.3 cm³/mol. The van der Waals surface area contributed by atoms with E-state index < -0.39 is 0 Å². The molecule has 0 amide bonds. The lowest BCUT2D eigenvalue weighted by Crippen LogP contribution is -1.90. The van der Waals surface area contributed by atoms with Crippen LogP contribution in [0, 0.1) is 0 Å². The lowest BCUT2D eigenvalue weighted by Gasteiger charge is -1.97. The number of fused-ring (bicyclic) bond motifs is 1. The Labute approximate surface area is 80.8 Å². The number of pyridine rings is 1. The molecule has 0 atom stereocenters. The fraction of sp³-hybridized carbons (Fsp3) is 0.333. The van der Waals surface area contributed by atoms with Crippen molar-refractivity contribution in [2.24, 2.45) is 0 Å². The Morgan fingerprint density at radius 1 is 1.46 bits per heavy atom. The topological polar surface area (TPSA) is 37.8 Å². The van der Waals surface area contributed by atoms with Gasteiger partial charge in [-0.15, -0.1) is 11.3 Å². The van der Waals surface area contributed by atoms with Gasteiger partial charge in [0.2, 0.25) is 0 Å². The van der Waals surface area contributed by atoms with E-state index in [9.17, 15) is 0 Å². The van der Waals surface area contributed by atoms with Crippen LogP contribution < -0.4 is 5.32 Å². The van der Waals surface area contributed by atoms with Gasteiger partial charge in [0.25, 0.3) is 0 Å². The summed E-state index contributed by atoms with van der Waals surface area (Å²) in [6, 6.07) is 0. The highest BCUT2D eigenvalue weighted by atomic mass is 32.1. The molecule has 2 aromatic rings. The molecule has 1 N–H and O–H groups in total. The van der Waals surface area contributed by atoms with Crippen molar-refractivity contribution in [1.29, 1.82) is 0 Å². The summed E-state index contributed by atoms with van der Waals surface area (Å²) in [5.74, 6) is 0. The third-order valence-corrected chi connectivity index (χ3v) is 3.05. The van der Waals surface area contributed by atoms with Crippen LogP contribution in [-0.2, 0) is 6.42 Å². The quantitative estimate of drug-likeness (QED) is 0.795. The Bertz CT molecular complexity index is 422. The molecule has 0 fully saturated rings. The molecular weight excluding hydrogens is 182 g/mol. The van der Waals surface area contributed by atoms with Crippen LogP contribution in [-0.4, -0.2) is 17.0 Å². The molecule has 0 aliphatic rings. The van der Waals surface area contributed by atoms with Gasteiger partial charge in [-0.2, -0.15) is 0 Å². The van der Waals surface area contributed by atoms with Crippen LogP contribution in [0.2, 0.25) is 0 Å². The van der Waals surface area contributed by atoms with Crippen LogP contribution in [0.1, 0.15) is 11.9 Å². The highest BCUT2D eigenvalue weighted by molar-refractivity contribution is 7.18. The summed E-state index contributed by atoms with van der Waals surface area (Å²) in [6.07, 6.45) is 4.66. The number of rotatable bonds is 2. The minimum absolute atomic E-state index is 0.989. The zero-order valence-corrected chi connectivity index (χ0v) is 8.48. The average molecular weight is 193 g/mol. The van der Waals surface area contributed by atoms with Crippen molar-refractivity contribution in [1.82, 2.24) is 9.97 Å². The van der Waals surface area contributed by atoms with E-state index in [1.54, 1.807) is 11.3 Å². The molecule has 0 aliphatic heterocycles. The normalized spacial score (nSPS) is 10.6. The highest BCUT2D eigenvalue weighted by Gasteiger charge is 2.05. The standard InChI is InChI=1S/C9H11N3S/c1-3-8-12-9-6(10-2)4-11-5-7(9)13-8/h4-5,10H,3H2,1-2H3. The zero-order valence-electron chi connectivity index (χ0n) is 7.66. The number of aryl methyl sites for hydroxylation is 1. The first-order valence-corrected chi connectivity index (χ1v) is 5.08. The van der Waals surface area contributed by atoms with Crippen LogP contribution in [0.5, 0.6) is 0 Å². The molecule has 2 aromatic heterocycles. The molecule has 4 heteroatoms. The van der Waals surface area contributed by atoms with E-state index in [2.05, 4.69) is 22.2 Å². The van der Waals surface area contributed by atoms with Gasteiger partial charge in [-0.05, 0) is 6.42 Å². The maximum atomic E-state index is 4.52. The fourth-order valence-electron chi connectivity index (χ4n) is 1.23. The Hall–Kier alpha value is -1.16. The SMILES string of the molecule is CCc1nc2c(NC)cncc2s1. The van der Waals surface area contributed by atoms with Crippen LogP contribution in [0.3, 0.4) is 0 Å². The number of hydrogen-bond donors (Lipinski definition) is 1. The molecule has 0 bridgehead atoms. The highest BCUT2D eigenvalue weighted by Crippen LogP contribution is 2.26. The minimum atomic E-state index is 0.989. The van der Waals surface area contributed by atoms with Crippen molar-refractivity contribution in [2.75, 3.05) is 12.4 Å². The van der Waals surface area contributed by atoms with E-state index >= 15 is 0 Å². The van der Waals surface area contributed by atoms with Crippen LogP contribution in [0.25, 0.3) is 10.2 Å². The first-order valence-electron chi connectivity index (χ1n) is 4.26. The van der Waals surface area contributed by atoms with Crippen molar-refractivity contribution in [2.45, 2.75) is 13.3 Å². The summed E-state index contributed by atoms with van der Waals surface area (Å²) >= 11 is 1.71. The van der Waals surface area contributed by atoms with E-state index in [4.69, 9.17) is 0 Å². The molecule has 3 nitrogen and oxygen atoms in total. The zero-order chi connectivity index (χ0) is 9.26. The van der Waals surface area contributed by atoms with Crippen LogP contribution in [0.15, 0.2) is 12.4 Å². The third-order valence-electron chi connectivity index (χ3n) is 1.92. The number of anilines is 1. The second kappa shape index (κ2) is 3.30. The van der Waals surface area contributed by atoms with Gasteiger partial charge in [0.15, 0.2) is 0 Å². The molecule has 0 saturated heterocycles. The molecule has 0 aliphatic carbocycles. The van der Waals surface area contributed by atoms with Crippen LogP contribution >= 0.6 is 11.3 Å². The average Bonchev–Trinajstić information content (AvgIpc) is 2.59. The van der Waals surface area contributed by atoms with Gasteiger partial charge >= 0.3 is 0 Å². The van der Waals surface area contributed by atoms with Gasteiger partial charge in [-0.25, -0.2) is 4.98 Å². The summed E-state index contributed by atoms with van der Waals surface area (Å²) in [7, 11) is 1.89. The molecule has 2 rings (SSSR count). The number of nitrogens with one attached hydrogen (secondary N) is 1. The monoisotopic (exact) mass is 193 g/mol. The first kappa shape index (κ1) is 8.44. The molecule has 68 valence electrons. The summed E-state index contributed by atoms with van der Waals surface area (Å²) in [5.41, 5.74) is 2.05.